The highest BCUT2D eigenvalue weighted by Gasteiger charge is 2.21. The summed E-state index contributed by atoms with van der Waals surface area (Å²) in [5, 5.41) is 0. The molecule has 0 aliphatic rings. The highest BCUT2D eigenvalue weighted by Crippen LogP contribution is 2.31. The minimum Gasteiger partial charge on any atom is -0.173 e. The van der Waals surface area contributed by atoms with E-state index >= 15 is 0 Å². The van der Waals surface area contributed by atoms with Gasteiger partial charge in [-0.2, -0.15) is 12.6 Å². The lowest BCUT2D eigenvalue weighted by Gasteiger charge is -2.27. The van der Waals surface area contributed by atoms with Crippen LogP contribution in [0.3, 0.4) is 0 Å². The van der Waals surface area contributed by atoms with Gasteiger partial charge in [0.25, 0.3) is 0 Å². The molecule has 0 N–H and O–H groups in total. The van der Waals surface area contributed by atoms with Crippen LogP contribution in [0.15, 0.2) is 0 Å². The topological polar surface area (TPSA) is 0 Å². The lowest BCUT2D eigenvalue weighted by atomic mass is 9.92. The monoisotopic (exact) mass is 174 g/mol. The van der Waals surface area contributed by atoms with Crippen LogP contribution in [-0.2, 0) is 0 Å². The van der Waals surface area contributed by atoms with Gasteiger partial charge in [-0.25, -0.2) is 0 Å². The van der Waals surface area contributed by atoms with E-state index in [1.165, 1.54) is 38.5 Å². The van der Waals surface area contributed by atoms with Crippen LogP contribution >= 0.6 is 12.6 Å². The van der Waals surface area contributed by atoms with E-state index in [2.05, 4.69) is 20.8 Å². The van der Waals surface area contributed by atoms with E-state index < -0.39 is 0 Å². The van der Waals surface area contributed by atoms with Crippen molar-refractivity contribution in [3.05, 3.63) is 0 Å². The molecular weight excluding hydrogens is 152 g/mol. The molecule has 0 aromatic carbocycles. The van der Waals surface area contributed by atoms with Crippen LogP contribution in [0.5, 0.6) is 0 Å². The number of hydrogen-bond acceptors (Lipinski definition) is 1. The molecule has 0 rings (SSSR count). The highest BCUT2D eigenvalue weighted by molar-refractivity contribution is 7.81. The molecule has 68 valence electrons. The first-order chi connectivity index (χ1) is 5.18. The molecule has 1 heteroatoms. The van der Waals surface area contributed by atoms with Crippen LogP contribution in [0.25, 0.3) is 0 Å². The molecule has 0 amide bonds. The van der Waals surface area contributed by atoms with Crippen LogP contribution in [0.2, 0.25) is 0 Å². The van der Waals surface area contributed by atoms with Gasteiger partial charge in [-0.05, 0) is 19.3 Å². The van der Waals surface area contributed by atoms with Crippen LogP contribution in [0, 0.1) is 0 Å². The van der Waals surface area contributed by atoms with Crippen LogP contribution < -0.4 is 0 Å². The average Bonchev–Trinajstić information content (AvgIpc) is 1.88. The van der Waals surface area contributed by atoms with Gasteiger partial charge in [0.2, 0.25) is 0 Å². The van der Waals surface area contributed by atoms with Gasteiger partial charge in [-0.1, -0.05) is 40.0 Å². The Morgan fingerprint density at radius 1 is 0.818 bits per heavy atom. The molecule has 0 atom stereocenters. The quantitative estimate of drug-likeness (QED) is 0.577. The molecule has 0 aliphatic carbocycles. The summed E-state index contributed by atoms with van der Waals surface area (Å²) in [4.78, 5) is 0. The van der Waals surface area contributed by atoms with Crippen molar-refractivity contribution in [2.75, 3.05) is 0 Å². The maximum atomic E-state index is 4.76. The van der Waals surface area contributed by atoms with Crippen LogP contribution in [0.4, 0.5) is 0 Å². The Hall–Kier alpha value is 0.350. The molecule has 0 aromatic heterocycles. The van der Waals surface area contributed by atoms with E-state index in [0.29, 0.717) is 4.75 Å². The lowest BCUT2D eigenvalue weighted by Crippen LogP contribution is -2.20. The normalized spacial score (nSPS) is 12.0. The summed E-state index contributed by atoms with van der Waals surface area (Å²) in [6.07, 6.45) is 7.63. The summed E-state index contributed by atoms with van der Waals surface area (Å²) in [5.41, 5.74) is 0. The van der Waals surface area contributed by atoms with Crippen molar-refractivity contribution < 1.29 is 0 Å². The van der Waals surface area contributed by atoms with Crippen LogP contribution in [0.1, 0.15) is 59.3 Å². The van der Waals surface area contributed by atoms with Crippen molar-refractivity contribution in [2.45, 2.75) is 64.0 Å². The van der Waals surface area contributed by atoms with Crippen molar-refractivity contribution in [1.82, 2.24) is 0 Å². The first-order valence-electron chi connectivity index (χ1n) is 4.91. The van der Waals surface area contributed by atoms with Gasteiger partial charge < -0.3 is 0 Å². The minimum atomic E-state index is 0.345. The number of thiol groups is 1. The van der Waals surface area contributed by atoms with E-state index in [9.17, 15) is 0 Å². The zero-order chi connectivity index (χ0) is 8.74. The summed E-state index contributed by atoms with van der Waals surface area (Å²) >= 11 is 4.76. The Labute approximate surface area is 77.2 Å². The third-order valence-corrected chi connectivity index (χ3v) is 2.82. The Morgan fingerprint density at radius 3 is 1.27 bits per heavy atom. The Balaban J connectivity index is 3.79. The molecule has 0 heterocycles. The molecule has 0 radical (unpaired) electrons. The predicted molar refractivity (Wildman–Crippen MR) is 56.4 cm³/mol. The molecule has 0 aromatic rings. The van der Waals surface area contributed by atoms with Gasteiger partial charge in [0.15, 0.2) is 0 Å². The van der Waals surface area contributed by atoms with Crippen molar-refractivity contribution in [3.63, 3.8) is 0 Å². The summed E-state index contributed by atoms with van der Waals surface area (Å²) < 4.78 is 0.345. The first kappa shape index (κ1) is 11.4. The second kappa shape index (κ2) is 5.93. The largest absolute Gasteiger partial charge is 0.173 e. The van der Waals surface area contributed by atoms with Gasteiger partial charge in [0, 0.05) is 4.75 Å². The number of rotatable bonds is 6. The molecular formula is C10H22S. The Kier molecular flexibility index (Phi) is 6.12. The maximum absolute atomic E-state index is 4.76. The molecule has 0 saturated heterocycles. The van der Waals surface area contributed by atoms with E-state index in [1.807, 2.05) is 0 Å². The third kappa shape index (κ3) is 4.73. The molecule has 0 saturated carbocycles. The molecule has 0 nitrogen and oxygen atoms in total. The summed E-state index contributed by atoms with van der Waals surface area (Å²) in [7, 11) is 0. The molecule has 0 aliphatic heterocycles. The summed E-state index contributed by atoms with van der Waals surface area (Å²) in [6, 6.07) is 0. The van der Waals surface area contributed by atoms with Crippen LogP contribution in [-0.4, -0.2) is 4.75 Å². The predicted octanol–water partition coefficient (Wildman–Crippen LogP) is 4.06. The molecule has 0 spiro atoms. The zero-order valence-electron chi connectivity index (χ0n) is 8.19. The van der Waals surface area contributed by atoms with E-state index in [-0.39, 0.29) is 0 Å². The van der Waals surface area contributed by atoms with Crippen molar-refractivity contribution in [3.8, 4) is 0 Å². The van der Waals surface area contributed by atoms with Crippen molar-refractivity contribution >= 4 is 12.6 Å². The first-order valence-corrected chi connectivity index (χ1v) is 5.35. The molecule has 0 bridgehead atoms. The smallest absolute Gasteiger partial charge is 0.0129 e. The fourth-order valence-corrected chi connectivity index (χ4v) is 2.44. The van der Waals surface area contributed by atoms with Gasteiger partial charge in [-0.3, -0.25) is 0 Å². The minimum absolute atomic E-state index is 0.345. The number of hydrogen-bond donors (Lipinski definition) is 1. The molecule has 11 heavy (non-hydrogen) atoms. The Bertz CT molecular complexity index is 71.9. The van der Waals surface area contributed by atoms with Gasteiger partial charge in [-0.15, -0.1) is 0 Å². The highest BCUT2D eigenvalue weighted by atomic mass is 32.1. The second-order valence-electron chi connectivity index (χ2n) is 3.47. The summed E-state index contributed by atoms with van der Waals surface area (Å²) in [6.45, 7) is 6.74. The average molecular weight is 174 g/mol. The van der Waals surface area contributed by atoms with Gasteiger partial charge in [0.1, 0.15) is 0 Å². The second-order valence-corrected chi connectivity index (χ2v) is 4.42. The van der Waals surface area contributed by atoms with Crippen molar-refractivity contribution in [2.24, 2.45) is 0 Å². The molecule has 0 unspecified atom stereocenters. The SMILES string of the molecule is CCCC(S)(CCC)CCC. The van der Waals surface area contributed by atoms with Crippen molar-refractivity contribution in [1.29, 1.82) is 0 Å². The fraction of sp³-hybridized carbons (Fsp3) is 1.00. The van der Waals surface area contributed by atoms with E-state index in [0.717, 1.165) is 0 Å². The fourth-order valence-electron chi connectivity index (χ4n) is 1.77. The zero-order valence-corrected chi connectivity index (χ0v) is 9.08. The van der Waals surface area contributed by atoms with Gasteiger partial charge >= 0.3 is 0 Å². The summed E-state index contributed by atoms with van der Waals surface area (Å²) in [5.74, 6) is 0. The van der Waals surface area contributed by atoms with Gasteiger partial charge in [0.05, 0.1) is 0 Å². The molecule has 0 fully saturated rings. The third-order valence-electron chi connectivity index (χ3n) is 2.15. The Morgan fingerprint density at radius 2 is 1.09 bits per heavy atom. The van der Waals surface area contributed by atoms with E-state index in [4.69, 9.17) is 12.6 Å². The standard InChI is InChI=1S/C10H22S/c1-4-7-10(11,8-5-2)9-6-3/h11H,4-9H2,1-3H3. The van der Waals surface area contributed by atoms with E-state index in [1.54, 1.807) is 0 Å². The lowest BCUT2D eigenvalue weighted by molar-refractivity contribution is 0.457. The maximum Gasteiger partial charge on any atom is 0.0129 e.